The van der Waals surface area contributed by atoms with Crippen molar-refractivity contribution in [3.05, 3.63) is 123 Å². The van der Waals surface area contributed by atoms with E-state index in [9.17, 15) is 14.9 Å². The Labute approximate surface area is 186 Å². The first-order valence-corrected chi connectivity index (χ1v) is 10.3. The van der Waals surface area contributed by atoms with E-state index in [1.165, 1.54) is 12.1 Å². The fourth-order valence-electron chi connectivity index (χ4n) is 4.10. The Kier molecular flexibility index (Phi) is 5.85. The van der Waals surface area contributed by atoms with Gasteiger partial charge >= 0.3 is 0 Å². The summed E-state index contributed by atoms with van der Waals surface area (Å²) in [6.45, 7) is 2.40. The fourth-order valence-corrected chi connectivity index (χ4v) is 4.10. The summed E-state index contributed by atoms with van der Waals surface area (Å²) in [5, 5.41) is 11.3. The van der Waals surface area contributed by atoms with Crippen LogP contribution in [0.4, 0.5) is 5.69 Å². The normalized spacial score (nSPS) is 10.9. The Balaban J connectivity index is 1.87. The van der Waals surface area contributed by atoms with E-state index in [0.29, 0.717) is 17.7 Å². The van der Waals surface area contributed by atoms with Crippen molar-refractivity contribution >= 4 is 11.6 Å². The number of nitro groups is 1. The van der Waals surface area contributed by atoms with Crippen molar-refractivity contribution in [3.63, 3.8) is 0 Å². The zero-order chi connectivity index (χ0) is 22.7. The summed E-state index contributed by atoms with van der Waals surface area (Å²) >= 11 is 0. The van der Waals surface area contributed by atoms with Crippen molar-refractivity contribution in [2.75, 3.05) is 0 Å². The van der Waals surface area contributed by atoms with Gasteiger partial charge in [0.15, 0.2) is 0 Å². The molecule has 0 aliphatic rings. The predicted octanol–water partition coefficient (Wildman–Crippen LogP) is 5.30. The predicted molar refractivity (Wildman–Crippen MR) is 125 cm³/mol. The van der Waals surface area contributed by atoms with E-state index in [4.69, 9.17) is 5.73 Å². The summed E-state index contributed by atoms with van der Waals surface area (Å²) in [6.07, 6.45) is 0. The van der Waals surface area contributed by atoms with Crippen LogP contribution < -0.4 is 5.73 Å². The lowest BCUT2D eigenvalue weighted by Gasteiger charge is -2.22. The van der Waals surface area contributed by atoms with Crippen molar-refractivity contribution in [2.45, 2.75) is 19.4 Å². The molecule has 0 unspecified atom stereocenters. The number of carbonyl (C=O) groups is 1. The highest BCUT2D eigenvalue weighted by atomic mass is 16.6. The van der Waals surface area contributed by atoms with Gasteiger partial charge in [0.25, 0.3) is 11.6 Å². The van der Waals surface area contributed by atoms with Crippen LogP contribution >= 0.6 is 0 Å². The maximum absolute atomic E-state index is 12.1. The van der Waals surface area contributed by atoms with Gasteiger partial charge in [0.1, 0.15) is 0 Å². The quantitative estimate of drug-likeness (QED) is 0.322. The van der Waals surface area contributed by atoms with Gasteiger partial charge < -0.3 is 10.3 Å². The number of aromatic nitrogens is 1. The molecule has 160 valence electrons. The summed E-state index contributed by atoms with van der Waals surface area (Å²) in [4.78, 5) is 23.0. The third-order valence-corrected chi connectivity index (χ3v) is 5.75. The Morgan fingerprint density at radius 2 is 1.53 bits per heavy atom. The van der Waals surface area contributed by atoms with Gasteiger partial charge in [-0.1, -0.05) is 72.8 Å². The molecule has 0 saturated carbocycles. The highest BCUT2D eigenvalue weighted by Gasteiger charge is 2.22. The van der Waals surface area contributed by atoms with Crippen LogP contribution in [0.3, 0.4) is 0 Å². The van der Waals surface area contributed by atoms with Crippen molar-refractivity contribution in [3.8, 4) is 11.3 Å². The summed E-state index contributed by atoms with van der Waals surface area (Å²) in [5.41, 5.74) is 10.4. The number of carbonyl (C=O) groups excluding carboxylic acids is 1. The molecule has 6 nitrogen and oxygen atoms in total. The number of benzene rings is 3. The zero-order valence-electron chi connectivity index (χ0n) is 17.6. The molecule has 0 fully saturated rings. The van der Waals surface area contributed by atoms with Crippen LogP contribution in [0.15, 0.2) is 91.0 Å². The second-order valence-electron chi connectivity index (χ2n) is 7.68. The zero-order valence-corrected chi connectivity index (χ0v) is 17.6. The van der Waals surface area contributed by atoms with E-state index >= 15 is 0 Å². The Bertz CT molecular complexity index is 1220. The number of nitro benzene ring substituents is 1. The van der Waals surface area contributed by atoms with Crippen LogP contribution in [-0.2, 0) is 6.54 Å². The molecule has 4 aromatic rings. The van der Waals surface area contributed by atoms with Crippen molar-refractivity contribution in [1.82, 2.24) is 4.57 Å². The summed E-state index contributed by atoms with van der Waals surface area (Å²) in [5.74, 6) is -0.509. The molecule has 0 saturated heterocycles. The average Bonchev–Trinajstić information content (AvgIpc) is 3.15. The van der Waals surface area contributed by atoms with Crippen LogP contribution in [0.5, 0.6) is 0 Å². The van der Waals surface area contributed by atoms with E-state index in [0.717, 1.165) is 22.5 Å². The largest absolute Gasteiger partial charge is 0.366 e. The molecular weight excluding hydrogens is 402 g/mol. The number of hydrogen-bond donors (Lipinski definition) is 1. The summed E-state index contributed by atoms with van der Waals surface area (Å²) in [7, 11) is 0. The number of rotatable bonds is 7. The third-order valence-electron chi connectivity index (χ3n) is 5.75. The lowest BCUT2D eigenvalue weighted by Crippen LogP contribution is -2.15. The van der Waals surface area contributed by atoms with Crippen LogP contribution in [0.2, 0.25) is 0 Å². The van der Waals surface area contributed by atoms with Gasteiger partial charge in [0.05, 0.1) is 10.5 Å². The summed E-state index contributed by atoms with van der Waals surface area (Å²) < 4.78 is 2.03. The van der Waals surface area contributed by atoms with Gasteiger partial charge in [-0.2, -0.15) is 0 Å². The van der Waals surface area contributed by atoms with Gasteiger partial charge in [0.2, 0.25) is 0 Å². The Morgan fingerprint density at radius 3 is 2.06 bits per heavy atom. The van der Waals surface area contributed by atoms with Gasteiger partial charge in [0, 0.05) is 41.5 Å². The molecule has 3 aromatic carbocycles. The maximum atomic E-state index is 12.1. The van der Waals surface area contributed by atoms with Gasteiger partial charge in [-0.3, -0.25) is 14.9 Å². The molecule has 0 bridgehead atoms. The van der Waals surface area contributed by atoms with Crippen LogP contribution in [0, 0.1) is 17.0 Å². The molecule has 4 rings (SSSR count). The lowest BCUT2D eigenvalue weighted by molar-refractivity contribution is -0.384. The molecule has 32 heavy (non-hydrogen) atoms. The molecule has 0 aliphatic heterocycles. The van der Waals surface area contributed by atoms with Crippen LogP contribution in [-0.4, -0.2) is 15.4 Å². The Morgan fingerprint density at radius 1 is 0.938 bits per heavy atom. The van der Waals surface area contributed by atoms with Gasteiger partial charge in [-0.05, 0) is 24.1 Å². The van der Waals surface area contributed by atoms with Crippen molar-refractivity contribution < 1.29 is 9.72 Å². The van der Waals surface area contributed by atoms with Crippen molar-refractivity contribution in [2.24, 2.45) is 5.73 Å². The molecule has 1 heterocycles. The molecule has 0 atom stereocenters. The molecule has 1 amide bonds. The number of nitrogens with zero attached hydrogens (tertiary/aromatic N) is 2. The number of non-ortho nitro benzene ring substituents is 1. The first-order chi connectivity index (χ1) is 15.5. The second-order valence-corrected chi connectivity index (χ2v) is 7.68. The lowest BCUT2D eigenvalue weighted by atomic mass is 9.91. The van der Waals surface area contributed by atoms with E-state index in [2.05, 4.69) is 24.3 Å². The first-order valence-electron chi connectivity index (χ1n) is 10.3. The monoisotopic (exact) mass is 425 g/mol. The Hall–Kier alpha value is -4.19. The SMILES string of the molecule is Cc1c(C(N)=O)cc(-c2cccc([N+](=O)[O-])c2)n1CC(c1ccccc1)c1ccccc1. The van der Waals surface area contributed by atoms with E-state index in [1.54, 1.807) is 12.1 Å². The number of amides is 1. The molecular formula is C26H23N3O3. The molecule has 2 N–H and O–H groups in total. The van der Waals surface area contributed by atoms with Crippen LogP contribution in [0.25, 0.3) is 11.3 Å². The smallest absolute Gasteiger partial charge is 0.270 e. The first kappa shape index (κ1) is 21.1. The highest BCUT2D eigenvalue weighted by Crippen LogP contribution is 2.33. The molecule has 0 spiro atoms. The molecule has 0 radical (unpaired) electrons. The molecule has 1 aromatic heterocycles. The minimum Gasteiger partial charge on any atom is -0.366 e. The number of nitrogens with two attached hydrogens (primary N) is 1. The van der Waals surface area contributed by atoms with Gasteiger partial charge in [-0.25, -0.2) is 0 Å². The highest BCUT2D eigenvalue weighted by molar-refractivity contribution is 5.95. The number of hydrogen-bond acceptors (Lipinski definition) is 3. The molecule has 0 aliphatic carbocycles. The standard InChI is InChI=1S/C26H23N3O3/c1-18-23(26(27)30)16-25(21-13-8-14-22(15-21)29(31)32)28(18)17-24(19-9-4-2-5-10-19)20-11-6-3-7-12-20/h2-16,24H,17H2,1H3,(H2,27,30). The average molecular weight is 425 g/mol. The second kappa shape index (κ2) is 8.89. The third kappa shape index (κ3) is 4.16. The summed E-state index contributed by atoms with van der Waals surface area (Å²) in [6, 6.07) is 28.5. The van der Waals surface area contributed by atoms with E-state index in [-0.39, 0.29) is 11.6 Å². The number of primary amides is 1. The molecule has 6 heteroatoms. The van der Waals surface area contributed by atoms with Crippen LogP contribution in [0.1, 0.15) is 33.1 Å². The maximum Gasteiger partial charge on any atom is 0.270 e. The van der Waals surface area contributed by atoms with E-state index < -0.39 is 10.8 Å². The minimum atomic E-state index is -0.524. The van der Waals surface area contributed by atoms with E-state index in [1.807, 2.05) is 54.0 Å². The minimum absolute atomic E-state index is 0.00352. The van der Waals surface area contributed by atoms with Crippen molar-refractivity contribution in [1.29, 1.82) is 0 Å². The topological polar surface area (TPSA) is 91.2 Å². The van der Waals surface area contributed by atoms with Gasteiger partial charge in [-0.15, -0.1) is 0 Å². The fraction of sp³-hybridized carbons (Fsp3) is 0.115.